The van der Waals surface area contributed by atoms with Crippen LogP contribution in [0.25, 0.3) is 10.8 Å². The molecule has 1 aromatic carbocycles. The van der Waals surface area contributed by atoms with Crippen molar-refractivity contribution in [3.8, 4) is 10.8 Å². The maximum Gasteiger partial charge on any atom is 0.265 e. The summed E-state index contributed by atoms with van der Waals surface area (Å²) in [5.41, 5.74) is 0.873. The van der Waals surface area contributed by atoms with Crippen LogP contribution < -0.4 is 0 Å². The lowest BCUT2D eigenvalue weighted by atomic mass is 10.2. The molecule has 0 saturated carbocycles. The predicted octanol–water partition coefficient (Wildman–Crippen LogP) is 3.97. The molecule has 2 aromatic heterocycles. The van der Waals surface area contributed by atoms with Gasteiger partial charge in [-0.25, -0.2) is 19.3 Å². The molecule has 0 radical (unpaired) electrons. The molecule has 0 saturated heterocycles. The summed E-state index contributed by atoms with van der Waals surface area (Å²) in [7, 11) is 1.60. The highest BCUT2D eigenvalue weighted by molar-refractivity contribution is 7.17. The van der Waals surface area contributed by atoms with Crippen molar-refractivity contribution in [3.05, 3.63) is 63.6 Å². The average molecular weight is 377 g/mol. The van der Waals surface area contributed by atoms with Gasteiger partial charge in [0, 0.05) is 30.0 Å². The quantitative estimate of drug-likeness (QED) is 0.691. The Labute approximate surface area is 153 Å². The Kier molecular flexibility index (Phi) is 5.06. The molecule has 25 heavy (non-hydrogen) atoms. The van der Waals surface area contributed by atoms with Crippen molar-refractivity contribution in [2.45, 2.75) is 13.5 Å². The van der Waals surface area contributed by atoms with Gasteiger partial charge in [0.05, 0.1) is 12.2 Å². The van der Waals surface area contributed by atoms with E-state index in [1.807, 2.05) is 0 Å². The van der Waals surface area contributed by atoms with Crippen LogP contribution in [0.3, 0.4) is 0 Å². The summed E-state index contributed by atoms with van der Waals surface area (Å²) in [6.07, 6.45) is 3.24. The van der Waals surface area contributed by atoms with E-state index in [1.165, 1.54) is 28.4 Å². The van der Waals surface area contributed by atoms with Crippen molar-refractivity contribution in [2.75, 3.05) is 7.05 Å². The SMILES string of the molecule is Cc1nc(-c2ncccn2)sc1C(=O)N(C)Cc1c(F)cccc1Cl. The molecule has 0 aliphatic carbocycles. The number of benzene rings is 1. The highest BCUT2D eigenvalue weighted by Gasteiger charge is 2.22. The number of aryl methyl sites for hydroxylation is 1. The molecule has 3 rings (SSSR count). The number of rotatable bonds is 4. The molecule has 0 bridgehead atoms. The highest BCUT2D eigenvalue weighted by atomic mass is 35.5. The zero-order valence-electron chi connectivity index (χ0n) is 13.5. The number of amides is 1. The second-order valence-corrected chi connectivity index (χ2v) is 6.77. The van der Waals surface area contributed by atoms with Crippen LogP contribution >= 0.6 is 22.9 Å². The van der Waals surface area contributed by atoms with Gasteiger partial charge in [-0.2, -0.15) is 0 Å². The Bertz CT molecular complexity index is 896. The lowest BCUT2D eigenvalue weighted by Crippen LogP contribution is -2.26. The van der Waals surface area contributed by atoms with Crippen LogP contribution in [0.15, 0.2) is 36.7 Å². The van der Waals surface area contributed by atoms with Crippen LogP contribution in [-0.4, -0.2) is 32.8 Å². The van der Waals surface area contributed by atoms with Gasteiger partial charge in [-0.3, -0.25) is 4.79 Å². The molecule has 1 amide bonds. The van der Waals surface area contributed by atoms with Gasteiger partial charge in [-0.1, -0.05) is 17.7 Å². The third kappa shape index (κ3) is 3.67. The third-order valence-corrected chi connectivity index (χ3v) is 5.05. The van der Waals surface area contributed by atoms with Crippen molar-refractivity contribution in [2.24, 2.45) is 0 Å². The molecular formula is C17H14ClFN4OS. The summed E-state index contributed by atoms with van der Waals surface area (Å²) in [6.45, 7) is 1.82. The third-order valence-electron chi connectivity index (χ3n) is 3.55. The fraction of sp³-hybridized carbons (Fsp3) is 0.176. The highest BCUT2D eigenvalue weighted by Crippen LogP contribution is 2.27. The van der Waals surface area contributed by atoms with Gasteiger partial charge in [0.1, 0.15) is 10.7 Å². The summed E-state index contributed by atoms with van der Waals surface area (Å²) in [5.74, 6) is -0.225. The van der Waals surface area contributed by atoms with Gasteiger partial charge in [0.15, 0.2) is 10.8 Å². The predicted molar refractivity (Wildman–Crippen MR) is 95.1 cm³/mol. The second kappa shape index (κ2) is 7.25. The lowest BCUT2D eigenvalue weighted by molar-refractivity contribution is 0.0788. The first-order valence-corrected chi connectivity index (χ1v) is 8.60. The molecule has 0 atom stereocenters. The molecule has 0 N–H and O–H groups in total. The van der Waals surface area contributed by atoms with Crippen LogP contribution in [0.4, 0.5) is 4.39 Å². The Morgan fingerprint density at radius 2 is 2.00 bits per heavy atom. The molecule has 0 spiro atoms. The van der Waals surface area contributed by atoms with E-state index in [0.29, 0.717) is 26.4 Å². The van der Waals surface area contributed by atoms with Crippen LogP contribution in [-0.2, 0) is 6.54 Å². The number of nitrogens with zero attached hydrogens (tertiary/aromatic N) is 4. The van der Waals surface area contributed by atoms with E-state index < -0.39 is 5.82 Å². The standard InChI is InChI=1S/C17H14ClFN4OS/c1-10-14(25-16(22-10)15-20-7-4-8-21-15)17(24)23(2)9-11-12(18)5-3-6-13(11)19/h3-8H,9H2,1-2H3. The van der Waals surface area contributed by atoms with Crippen LogP contribution in [0.2, 0.25) is 5.02 Å². The molecule has 3 aromatic rings. The zero-order valence-corrected chi connectivity index (χ0v) is 15.1. The minimum absolute atomic E-state index is 0.0683. The van der Waals surface area contributed by atoms with E-state index >= 15 is 0 Å². The van der Waals surface area contributed by atoms with Gasteiger partial charge in [-0.05, 0) is 25.1 Å². The van der Waals surface area contributed by atoms with Crippen LogP contribution in [0.1, 0.15) is 20.9 Å². The van der Waals surface area contributed by atoms with Crippen molar-refractivity contribution in [1.29, 1.82) is 0 Å². The number of aromatic nitrogens is 3. The summed E-state index contributed by atoms with van der Waals surface area (Å²) >= 11 is 7.25. The van der Waals surface area contributed by atoms with Crippen molar-refractivity contribution < 1.29 is 9.18 Å². The lowest BCUT2D eigenvalue weighted by Gasteiger charge is -2.17. The van der Waals surface area contributed by atoms with E-state index in [-0.39, 0.29) is 18.0 Å². The summed E-state index contributed by atoms with van der Waals surface area (Å²) in [6, 6.07) is 6.16. The van der Waals surface area contributed by atoms with Gasteiger partial charge >= 0.3 is 0 Å². The van der Waals surface area contributed by atoms with Gasteiger partial charge in [0.2, 0.25) is 0 Å². The van der Waals surface area contributed by atoms with Crippen LogP contribution in [0, 0.1) is 12.7 Å². The van der Waals surface area contributed by atoms with E-state index in [1.54, 1.807) is 38.5 Å². The Hall–Kier alpha value is -2.38. The van der Waals surface area contributed by atoms with Crippen molar-refractivity contribution >= 4 is 28.8 Å². The Morgan fingerprint density at radius 3 is 2.68 bits per heavy atom. The van der Waals surface area contributed by atoms with E-state index in [0.717, 1.165) is 0 Å². The minimum Gasteiger partial charge on any atom is -0.336 e. The van der Waals surface area contributed by atoms with E-state index in [9.17, 15) is 9.18 Å². The summed E-state index contributed by atoms with van der Waals surface area (Å²) < 4.78 is 13.9. The molecule has 0 unspecified atom stereocenters. The fourth-order valence-electron chi connectivity index (χ4n) is 2.27. The second-order valence-electron chi connectivity index (χ2n) is 5.37. The largest absolute Gasteiger partial charge is 0.336 e. The number of halogens is 2. The summed E-state index contributed by atoms with van der Waals surface area (Å²) in [4.78, 5) is 27.3. The molecule has 8 heteroatoms. The molecule has 128 valence electrons. The zero-order chi connectivity index (χ0) is 18.0. The smallest absolute Gasteiger partial charge is 0.265 e. The Morgan fingerprint density at radius 1 is 1.28 bits per heavy atom. The molecule has 0 aliphatic rings. The van der Waals surface area contributed by atoms with Gasteiger partial charge in [0.25, 0.3) is 5.91 Å². The maximum absolute atomic E-state index is 13.9. The molecule has 0 fully saturated rings. The van der Waals surface area contributed by atoms with Gasteiger partial charge in [-0.15, -0.1) is 11.3 Å². The first-order valence-electron chi connectivity index (χ1n) is 7.40. The number of hydrogen-bond donors (Lipinski definition) is 0. The first-order chi connectivity index (χ1) is 12.0. The normalized spacial score (nSPS) is 10.7. The first kappa shape index (κ1) is 17.4. The maximum atomic E-state index is 13.9. The number of thiazole rings is 1. The van der Waals surface area contributed by atoms with Crippen molar-refractivity contribution in [3.63, 3.8) is 0 Å². The minimum atomic E-state index is -0.438. The molecule has 0 aliphatic heterocycles. The van der Waals surface area contributed by atoms with Crippen molar-refractivity contribution in [1.82, 2.24) is 19.9 Å². The fourth-order valence-corrected chi connectivity index (χ4v) is 3.50. The molecule has 5 nitrogen and oxygen atoms in total. The summed E-state index contributed by atoms with van der Waals surface area (Å²) in [5, 5.41) is 0.859. The topological polar surface area (TPSA) is 59.0 Å². The van der Waals surface area contributed by atoms with E-state index in [4.69, 9.17) is 11.6 Å². The number of carbonyl (C=O) groups excluding carboxylic acids is 1. The molecule has 2 heterocycles. The Balaban J connectivity index is 1.85. The van der Waals surface area contributed by atoms with Crippen LogP contribution in [0.5, 0.6) is 0 Å². The molecular weight excluding hydrogens is 363 g/mol. The van der Waals surface area contributed by atoms with Gasteiger partial charge < -0.3 is 4.90 Å². The monoisotopic (exact) mass is 376 g/mol. The number of hydrogen-bond acceptors (Lipinski definition) is 5. The number of carbonyl (C=O) groups is 1. The van der Waals surface area contributed by atoms with E-state index in [2.05, 4.69) is 15.0 Å². The average Bonchev–Trinajstić information content (AvgIpc) is 3.00.